The maximum Gasteiger partial charge on any atom is 0.387 e. The third-order valence-electron chi connectivity index (χ3n) is 6.25. The number of ether oxygens (including phenoxy) is 1. The summed E-state index contributed by atoms with van der Waals surface area (Å²) in [7, 11) is 0. The molecule has 1 aliphatic heterocycles. The van der Waals surface area contributed by atoms with E-state index in [1.54, 1.807) is 4.90 Å². The fraction of sp³-hybridized carbons (Fsp3) is 0.682. The number of alkyl halides is 4. The summed E-state index contributed by atoms with van der Waals surface area (Å²) in [5, 5.41) is 2.68. The highest BCUT2D eigenvalue weighted by molar-refractivity contribution is 5.94. The van der Waals surface area contributed by atoms with Crippen molar-refractivity contribution in [2.24, 2.45) is 11.8 Å². The Morgan fingerprint density at radius 3 is 2.42 bits per heavy atom. The second kappa shape index (κ2) is 10.6. The molecule has 0 aromatic heterocycles. The summed E-state index contributed by atoms with van der Waals surface area (Å²) in [6.07, 6.45) is 5.33. The first-order chi connectivity index (χ1) is 14.7. The van der Waals surface area contributed by atoms with Crippen LogP contribution < -0.4 is 10.1 Å². The van der Waals surface area contributed by atoms with E-state index in [4.69, 9.17) is 0 Å². The SMILES string of the molecule is O=C(NCC1CCN(CC(F)(F)C2CCCCC2)CC1)c1cc(F)cc(OC(F)F)c1. The van der Waals surface area contributed by atoms with Crippen molar-refractivity contribution in [2.75, 3.05) is 26.2 Å². The lowest BCUT2D eigenvalue weighted by Gasteiger charge is -2.37. The number of carbonyl (C=O) groups is 1. The van der Waals surface area contributed by atoms with Crippen LogP contribution in [0.4, 0.5) is 22.0 Å². The lowest BCUT2D eigenvalue weighted by Crippen LogP contribution is -2.46. The minimum atomic E-state index is -3.12. The Hall–Kier alpha value is -1.90. The predicted octanol–water partition coefficient (Wildman–Crippen LogP) is 5.08. The van der Waals surface area contributed by atoms with Crippen LogP contribution in [0.3, 0.4) is 0 Å². The van der Waals surface area contributed by atoms with Gasteiger partial charge in [0.15, 0.2) is 0 Å². The Kier molecular flexibility index (Phi) is 8.13. The molecule has 1 N–H and O–H groups in total. The summed E-state index contributed by atoms with van der Waals surface area (Å²) >= 11 is 0. The van der Waals surface area contributed by atoms with Crippen molar-refractivity contribution in [3.05, 3.63) is 29.6 Å². The number of hydrogen-bond acceptors (Lipinski definition) is 3. The molecule has 1 aromatic carbocycles. The Morgan fingerprint density at radius 1 is 1.10 bits per heavy atom. The van der Waals surface area contributed by atoms with Gasteiger partial charge in [-0.05, 0) is 56.8 Å². The minimum Gasteiger partial charge on any atom is -0.435 e. The van der Waals surface area contributed by atoms with Gasteiger partial charge in [0, 0.05) is 24.1 Å². The van der Waals surface area contributed by atoms with Crippen molar-refractivity contribution >= 4 is 5.91 Å². The monoisotopic (exact) mass is 448 g/mol. The van der Waals surface area contributed by atoms with Gasteiger partial charge in [0.2, 0.25) is 0 Å². The summed E-state index contributed by atoms with van der Waals surface area (Å²) in [5.41, 5.74) is -0.111. The van der Waals surface area contributed by atoms with E-state index in [0.29, 0.717) is 45.3 Å². The Bertz CT molecular complexity index is 733. The van der Waals surface area contributed by atoms with Crippen molar-refractivity contribution in [1.29, 1.82) is 0 Å². The maximum absolute atomic E-state index is 14.6. The van der Waals surface area contributed by atoms with Crippen LogP contribution in [-0.4, -0.2) is 49.5 Å². The first-order valence-corrected chi connectivity index (χ1v) is 10.9. The fourth-order valence-corrected chi connectivity index (χ4v) is 4.50. The number of likely N-dealkylation sites (tertiary alicyclic amines) is 1. The molecular weight excluding hydrogens is 419 g/mol. The molecule has 174 valence electrons. The molecule has 2 aliphatic rings. The van der Waals surface area contributed by atoms with Crippen LogP contribution in [0.1, 0.15) is 55.3 Å². The number of piperidine rings is 1. The van der Waals surface area contributed by atoms with Gasteiger partial charge in [-0.25, -0.2) is 13.2 Å². The molecule has 1 aliphatic carbocycles. The largest absolute Gasteiger partial charge is 0.435 e. The van der Waals surface area contributed by atoms with Gasteiger partial charge < -0.3 is 10.1 Å². The highest BCUT2D eigenvalue weighted by Crippen LogP contribution is 2.37. The summed E-state index contributed by atoms with van der Waals surface area (Å²) in [6.45, 7) is -1.95. The van der Waals surface area contributed by atoms with E-state index in [0.717, 1.165) is 37.5 Å². The molecule has 0 bridgehead atoms. The third kappa shape index (κ3) is 7.05. The number of amides is 1. The predicted molar refractivity (Wildman–Crippen MR) is 106 cm³/mol. The lowest BCUT2D eigenvalue weighted by molar-refractivity contribution is -0.0962. The summed E-state index contributed by atoms with van der Waals surface area (Å²) < 4.78 is 71.6. The number of carbonyl (C=O) groups excluding carboxylic acids is 1. The van der Waals surface area contributed by atoms with Gasteiger partial charge in [0.1, 0.15) is 11.6 Å². The van der Waals surface area contributed by atoms with Gasteiger partial charge in [-0.15, -0.1) is 0 Å². The van der Waals surface area contributed by atoms with Gasteiger partial charge in [-0.1, -0.05) is 19.3 Å². The Morgan fingerprint density at radius 2 is 1.77 bits per heavy atom. The van der Waals surface area contributed by atoms with Gasteiger partial charge in [0.05, 0.1) is 6.54 Å². The van der Waals surface area contributed by atoms with E-state index in [1.165, 1.54) is 0 Å². The zero-order valence-corrected chi connectivity index (χ0v) is 17.4. The van der Waals surface area contributed by atoms with Crippen LogP contribution in [0.15, 0.2) is 18.2 Å². The van der Waals surface area contributed by atoms with E-state index in [2.05, 4.69) is 10.1 Å². The van der Waals surface area contributed by atoms with Gasteiger partial charge >= 0.3 is 6.61 Å². The fourth-order valence-electron chi connectivity index (χ4n) is 4.50. The summed E-state index contributed by atoms with van der Waals surface area (Å²) in [5.74, 6) is -4.94. The van der Waals surface area contributed by atoms with Crippen LogP contribution in [0.5, 0.6) is 5.75 Å². The standard InChI is InChI=1S/C22H29F5N2O2/c23-18-10-16(11-19(12-18)31-21(24)25)20(30)28-13-15-6-8-29(9-7-15)14-22(26,27)17-4-2-1-3-5-17/h10-12,15,17,21H,1-9,13-14H2,(H,28,30). The minimum absolute atomic E-state index is 0.111. The highest BCUT2D eigenvalue weighted by Gasteiger charge is 2.41. The smallest absolute Gasteiger partial charge is 0.387 e. The number of halogens is 5. The quantitative estimate of drug-likeness (QED) is 0.564. The van der Waals surface area contributed by atoms with E-state index < -0.39 is 35.9 Å². The second-order valence-corrected chi connectivity index (χ2v) is 8.58. The molecular formula is C22H29F5N2O2. The zero-order chi connectivity index (χ0) is 22.4. The van der Waals surface area contributed by atoms with Crippen molar-refractivity contribution in [2.45, 2.75) is 57.5 Å². The topological polar surface area (TPSA) is 41.6 Å². The van der Waals surface area contributed by atoms with Crippen LogP contribution >= 0.6 is 0 Å². The molecule has 1 aromatic rings. The van der Waals surface area contributed by atoms with E-state index in [1.807, 2.05) is 0 Å². The molecule has 31 heavy (non-hydrogen) atoms. The van der Waals surface area contributed by atoms with Crippen LogP contribution in [0.2, 0.25) is 0 Å². The Balaban J connectivity index is 1.44. The number of hydrogen-bond donors (Lipinski definition) is 1. The molecule has 1 saturated heterocycles. The number of rotatable bonds is 8. The normalized spacial score (nSPS) is 19.5. The van der Waals surface area contributed by atoms with Gasteiger partial charge in [-0.2, -0.15) is 8.78 Å². The number of nitrogens with one attached hydrogen (secondary N) is 1. The molecule has 1 heterocycles. The van der Waals surface area contributed by atoms with Crippen LogP contribution in [0, 0.1) is 17.7 Å². The molecule has 0 spiro atoms. The molecule has 2 fully saturated rings. The molecule has 0 radical (unpaired) electrons. The molecule has 0 unspecified atom stereocenters. The van der Waals surface area contributed by atoms with E-state index in [9.17, 15) is 26.7 Å². The van der Waals surface area contributed by atoms with E-state index in [-0.39, 0.29) is 18.0 Å². The zero-order valence-electron chi connectivity index (χ0n) is 17.4. The Labute approximate surface area is 179 Å². The number of nitrogens with zero attached hydrogens (tertiary/aromatic N) is 1. The summed E-state index contributed by atoms with van der Waals surface area (Å²) in [6, 6.07) is 2.78. The molecule has 1 amide bonds. The van der Waals surface area contributed by atoms with Crippen LogP contribution in [0.25, 0.3) is 0 Å². The third-order valence-corrected chi connectivity index (χ3v) is 6.25. The van der Waals surface area contributed by atoms with Gasteiger partial charge in [0.25, 0.3) is 11.8 Å². The maximum atomic E-state index is 14.6. The first-order valence-electron chi connectivity index (χ1n) is 10.9. The molecule has 9 heteroatoms. The molecule has 3 rings (SSSR count). The number of benzene rings is 1. The molecule has 0 atom stereocenters. The highest BCUT2D eigenvalue weighted by atomic mass is 19.3. The van der Waals surface area contributed by atoms with Gasteiger partial charge in [-0.3, -0.25) is 9.69 Å². The lowest BCUT2D eigenvalue weighted by atomic mass is 9.84. The van der Waals surface area contributed by atoms with Crippen molar-refractivity contribution in [1.82, 2.24) is 10.2 Å². The summed E-state index contributed by atoms with van der Waals surface area (Å²) in [4.78, 5) is 14.1. The van der Waals surface area contributed by atoms with Crippen molar-refractivity contribution in [3.63, 3.8) is 0 Å². The van der Waals surface area contributed by atoms with E-state index >= 15 is 0 Å². The molecule has 4 nitrogen and oxygen atoms in total. The first kappa shape index (κ1) is 23.8. The second-order valence-electron chi connectivity index (χ2n) is 8.58. The van der Waals surface area contributed by atoms with Crippen LogP contribution in [-0.2, 0) is 0 Å². The van der Waals surface area contributed by atoms with Crippen molar-refractivity contribution in [3.8, 4) is 5.75 Å². The average Bonchev–Trinajstić information content (AvgIpc) is 2.72. The molecule has 1 saturated carbocycles. The average molecular weight is 448 g/mol. The van der Waals surface area contributed by atoms with Crippen molar-refractivity contribution < 1.29 is 31.5 Å².